The lowest BCUT2D eigenvalue weighted by atomic mass is 10.1. The molecule has 0 spiro atoms. The second kappa shape index (κ2) is 8.57. The molecule has 0 fully saturated rings. The number of hydrogen-bond acceptors (Lipinski definition) is 5. The fourth-order valence-electron chi connectivity index (χ4n) is 2.91. The van der Waals surface area contributed by atoms with Gasteiger partial charge in [-0.15, -0.1) is 0 Å². The van der Waals surface area contributed by atoms with Crippen molar-refractivity contribution in [3.05, 3.63) is 84.3 Å². The molecular formula is C23H19FN2O4. The van der Waals surface area contributed by atoms with Gasteiger partial charge in [-0.2, -0.15) is 5.10 Å². The Morgan fingerprint density at radius 3 is 2.43 bits per heavy atom. The number of hydrogen-bond donors (Lipinski definition) is 2. The number of methoxy groups -OCH3 is 1. The molecule has 0 aliphatic carbocycles. The minimum Gasteiger partial charge on any atom is -0.507 e. The molecule has 7 heteroatoms. The number of phenols is 1. The maximum Gasteiger partial charge on any atom is 0.173 e. The van der Waals surface area contributed by atoms with Crippen LogP contribution in [0.5, 0.6) is 28.7 Å². The third-order valence-corrected chi connectivity index (χ3v) is 4.48. The van der Waals surface area contributed by atoms with Gasteiger partial charge in [-0.25, -0.2) is 4.39 Å². The summed E-state index contributed by atoms with van der Waals surface area (Å²) in [6.07, 6.45) is 1.53. The van der Waals surface area contributed by atoms with Crippen molar-refractivity contribution in [2.75, 3.05) is 7.11 Å². The number of phenolic OH excluding ortho intramolecular Hbond substituents is 1. The Hall–Kier alpha value is -4.00. The molecular weight excluding hydrogens is 387 g/mol. The van der Waals surface area contributed by atoms with Crippen LogP contribution < -0.4 is 14.2 Å². The van der Waals surface area contributed by atoms with E-state index in [0.29, 0.717) is 34.1 Å². The Morgan fingerprint density at radius 1 is 0.967 bits per heavy atom. The van der Waals surface area contributed by atoms with Crippen molar-refractivity contribution in [1.29, 1.82) is 0 Å². The summed E-state index contributed by atoms with van der Waals surface area (Å²) >= 11 is 0. The van der Waals surface area contributed by atoms with E-state index in [1.54, 1.807) is 61.7 Å². The average Bonchev–Trinajstić information content (AvgIpc) is 3.21. The Kier molecular flexibility index (Phi) is 5.52. The summed E-state index contributed by atoms with van der Waals surface area (Å²) in [5.41, 5.74) is 1.45. The minimum atomic E-state index is -0.337. The van der Waals surface area contributed by atoms with Crippen LogP contribution in [0.25, 0.3) is 11.3 Å². The van der Waals surface area contributed by atoms with Crippen molar-refractivity contribution in [3.8, 4) is 40.0 Å². The zero-order valence-electron chi connectivity index (χ0n) is 16.1. The van der Waals surface area contributed by atoms with Crippen molar-refractivity contribution < 1.29 is 23.7 Å². The number of aromatic hydroxyl groups is 1. The average molecular weight is 406 g/mol. The first-order valence-electron chi connectivity index (χ1n) is 9.19. The number of H-pyrrole nitrogens is 1. The number of aromatic nitrogens is 2. The lowest BCUT2D eigenvalue weighted by Crippen LogP contribution is -1.98. The summed E-state index contributed by atoms with van der Waals surface area (Å²) in [6.45, 7) is 0.0569. The number of benzene rings is 3. The molecule has 0 aliphatic rings. The molecule has 1 aromatic heterocycles. The van der Waals surface area contributed by atoms with Crippen molar-refractivity contribution in [3.63, 3.8) is 0 Å². The minimum absolute atomic E-state index is 0.0233. The van der Waals surface area contributed by atoms with Gasteiger partial charge in [0.2, 0.25) is 0 Å². The zero-order chi connectivity index (χ0) is 20.9. The topological polar surface area (TPSA) is 76.6 Å². The maximum absolute atomic E-state index is 13.7. The van der Waals surface area contributed by atoms with Crippen LogP contribution in [0.4, 0.5) is 4.39 Å². The van der Waals surface area contributed by atoms with Crippen LogP contribution in [0, 0.1) is 5.82 Å². The van der Waals surface area contributed by atoms with Crippen LogP contribution in [0.1, 0.15) is 5.56 Å². The fourth-order valence-corrected chi connectivity index (χ4v) is 2.91. The molecule has 30 heavy (non-hydrogen) atoms. The van der Waals surface area contributed by atoms with Crippen LogP contribution >= 0.6 is 0 Å². The molecule has 0 bridgehead atoms. The molecule has 0 saturated carbocycles. The van der Waals surface area contributed by atoms with Crippen molar-refractivity contribution in [2.24, 2.45) is 0 Å². The lowest BCUT2D eigenvalue weighted by Gasteiger charge is -2.11. The highest BCUT2D eigenvalue weighted by atomic mass is 19.1. The quantitative estimate of drug-likeness (QED) is 0.435. The zero-order valence-corrected chi connectivity index (χ0v) is 16.1. The van der Waals surface area contributed by atoms with Crippen LogP contribution in [-0.2, 0) is 6.61 Å². The van der Waals surface area contributed by atoms with E-state index in [9.17, 15) is 9.50 Å². The third kappa shape index (κ3) is 4.20. The van der Waals surface area contributed by atoms with E-state index < -0.39 is 0 Å². The van der Waals surface area contributed by atoms with E-state index in [-0.39, 0.29) is 18.2 Å². The van der Waals surface area contributed by atoms with Gasteiger partial charge in [0.05, 0.1) is 13.3 Å². The smallest absolute Gasteiger partial charge is 0.173 e. The van der Waals surface area contributed by atoms with Gasteiger partial charge in [-0.3, -0.25) is 5.10 Å². The Bertz CT molecular complexity index is 1140. The summed E-state index contributed by atoms with van der Waals surface area (Å²) in [6, 6.07) is 18.3. The first-order chi connectivity index (χ1) is 14.6. The molecule has 152 valence electrons. The lowest BCUT2D eigenvalue weighted by molar-refractivity contribution is 0.298. The van der Waals surface area contributed by atoms with Crippen LogP contribution in [-0.4, -0.2) is 22.4 Å². The van der Waals surface area contributed by atoms with Gasteiger partial charge in [-0.1, -0.05) is 18.2 Å². The van der Waals surface area contributed by atoms with Crippen LogP contribution in [0.3, 0.4) is 0 Å². The van der Waals surface area contributed by atoms with Gasteiger partial charge in [0.25, 0.3) is 0 Å². The largest absolute Gasteiger partial charge is 0.507 e. The number of nitrogens with zero attached hydrogens (tertiary/aromatic N) is 1. The van der Waals surface area contributed by atoms with E-state index in [1.807, 2.05) is 0 Å². The summed E-state index contributed by atoms with van der Waals surface area (Å²) in [4.78, 5) is 0. The Labute approximate surface area is 172 Å². The molecule has 3 aromatic carbocycles. The number of aromatic amines is 1. The molecule has 0 amide bonds. The van der Waals surface area contributed by atoms with Crippen molar-refractivity contribution in [1.82, 2.24) is 10.2 Å². The summed E-state index contributed by atoms with van der Waals surface area (Å²) in [5, 5.41) is 17.4. The molecule has 0 aliphatic heterocycles. The predicted octanol–water partition coefficient (Wildman–Crippen LogP) is 5.30. The molecule has 0 unspecified atom stereocenters. The molecule has 4 rings (SSSR count). The van der Waals surface area contributed by atoms with Gasteiger partial charge < -0.3 is 19.3 Å². The van der Waals surface area contributed by atoms with Gasteiger partial charge in [0, 0.05) is 17.2 Å². The summed E-state index contributed by atoms with van der Waals surface area (Å²) in [5.74, 6) is 1.83. The highest BCUT2D eigenvalue weighted by Crippen LogP contribution is 2.38. The Morgan fingerprint density at radius 2 is 1.70 bits per heavy atom. The summed E-state index contributed by atoms with van der Waals surface area (Å²) in [7, 11) is 1.59. The number of ether oxygens (including phenoxy) is 3. The van der Waals surface area contributed by atoms with E-state index >= 15 is 0 Å². The normalized spacial score (nSPS) is 10.6. The fraction of sp³-hybridized carbons (Fsp3) is 0.0870. The van der Waals surface area contributed by atoms with Crippen molar-refractivity contribution >= 4 is 0 Å². The molecule has 2 N–H and O–H groups in total. The SMILES string of the molecule is COc1ccc(Oc2cn[nH]c2-c2ccc(OCc3ccccc3F)cc2O)cc1. The van der Waals surface area contributed by atoms with Crippen LogP contribution in [0.15, 0.2) is 72.9 Å². The molecule has 0 saturated heterocycles. The second-order valence-electron chi connectivity index (χ2n) is 6.45. The standard InChI is InChI=1S/C23H19FN2O4/c1-28-16-6-8-17(9-7-16)30-22-13-25-26-23(22)19-11-10-18(12-21(19)27)29-14-15-4-2-3-5-20(15)24/h2-13,27H,14H2,1H3,(H,25,26). The van der Waals surface area contributed by atoms with Gasteiger partial charge >= 0.3 is 0 Å². The molecule has 0 atom stereocenters. The Balaban J connectivity index is 1.51. The van der Waals surface area contributed by atoms with Gasteiger partial charge in [0.15, 0.2) is 5.75 Å². The van der Waals surface area contributed by atoms with E-state index in [0.717, 1.165) is 5.75 Å². The van der Waals surface area contributed by atoms with E-state index in [4.69, 9.17) is 14.2 Å². The molecule has 1 heterocycles. The second-order valence-corrected chi connectivity index (χ2v) is 6.45. The molecule has 0 radical (unpaired) electrons. The van der Waals surface area contributed by atoms with E-state index in [2.05, 4.69) is 10.2 Å². The number of halogens is 1. The monoisotopic (exact) mass is 406 g/mol. The summed E-state index contributed by atoms with van der Waals surface area (Å²) < 4.78 is 30.3. The number of nitrogens with one attached hydrogen (secondary N) is 1. The predicted molar refractivity (Wildman–Crippen MR) is 109 cm³/mol. The first kappa shape index (κ1) is 19.3. The first-order valence-corrected chi connectivity index (χ1v) is 9.19. The van der Waals surface area contributed by atoms with Crippen molar-refractivity contribution in [2.45, 2.75) is 6.61 Å². The van der Waals surface area contributed by atoms with Gasteiger partial charge in [-0.05, 0) is 42.5 Å². The van der Waals surface area contributed by atoms with Gasteiger partial charge in [0.1, 0.15) is 41.1 Å². The number of rotatable bonds is 7. The molecule has 4 aromatic rings. The van der Waals surface area contributed by atoms with E-state index in [1.165, 1.54) is 18.3 Å². The highest BCUT2D eigenvalue weighted by Gasteiger charge is 2.15. The third-order valence-electron chi connectivity index (χ3n) is 4.48. The maximum atomic E-state index is 13.7. The highest BCUT2D eigenvalue weighted by molar-refractivity contribution is 5.73. The molecule has 6 nitrogen and oxygen atoms in total. The van der Waals surface area contributed by atoms with Crippen LogP contribution in [0.2, 0.25) is 0 Å².